The molecule has 0 atom stereocenters. The number of nitrogens with one attached hydrogen (secondary N) is 2. The minimum atomic E-state index is -3.73. The molecular formula is C20H21N3O3S2. The lowest BCUT2D eigenvalue weighted by Gasteiger charge is -2.07. The summed E-state index contributed by atoms with van der Waals surface area (Å²) in [5.41, 5.74) is 3.74. The number of hydrogen-bond acceptors (Lipinski definition) is 5. The summed E-state index contributed by atoms with van der Waals surface area (Å²) in [5.74, 6) is -0.137. The topological polar surface area (TPSA) is 88.2 Å². The molecule has 0 aliphatic carbocycles. The van der Waals surface area contributed by atoms with E-state index in [0.717, 1.165) is 23.2 Å². The van der Waals surface area contributed by atoms with Gasteiger partial charge in [0.1, 0.15) is 0 Å². The Bertz CT molecular complexity index is 1060. The molecule has 28 heavy (non-hydrogen) atoms. The predicted molar refractivity (Wildman–Crippen MR) is 112 cm³/mol. The van der Waals surface area contributed by atoms with Gasteiger partial charge in [0.15, 0.2) is 5.13 Å². The lowest BCUT2D eigenvalue weighted by atomic mass is 10.1. The van der Waals surface area contributed by atoms with Gasteiger partial charge < -0.3 is 5.32 Å². The van der Waals surface area contributed by atoms with Gasteiger partial charge in [-0.25, -0.2) is 13.4 Å². The molecular weight excluding hydrogens is 394 g/mol. The molecule has 1 amide bonds. The van der Waals surface area contributed by atoms with Gasteiger partial charge in [-0.2, -0.15) is 0 Å². The number of hydrogen-bond donors (Lipinski definition) is 2. The van der Waals surface area contributed by atoms with Gasteiger partial charge in [0.05, 0.1) is 10.6 Å². The van der Waals surface area contributed by atoms with Crippen LogP contribution in [0.3, 0.4) is 0 Å². The molecule has 1 aromatic heterocycles. The van der Waals surface area contributed by atoms with Crippen molar-refractivity contribution in [3.63, 3.8) is 0 Å². The molecule has 3 aromatic rings. The highest BCUT2D eigenvalue weighted by Crippen LogP contribution is 2.27. The van der Waals surface area contributed by atoms with Gasteiger partial charge in [-0.15, -0.1) is 11.3 Å². The molecule has 6 nitrogen and oxygen atoms in total. The first-order valence-electron chi connectivity index (χ1n) is 8.78. The zero-order valence-corrected chi connectivity index (χ0v) is 17.2. The summed E-state index contributed by atoms with van der Waals surface area (Å²) < 4.78 is 27.7. The second-order valence-corrected chi connectivity index (χ2v) is 8.79. The molecule has 0 fully saturated rings. The van der Waals surface area contributed by atoms with Crippen molar-refractivity contribution in [2.24, 2.45) is 0 Å². The van der Waals surface area contributed by atoms with Gasteiger partial charge in [0.25, 0.3) is 10.0 Å². The summed E-state index contributed by atoms with van der Waals surface area (Å²) >= 11 is 1.24. The number of aromatic nitrogens is 1. The van der Waals surface area contributed by atoms with Gasteiger partial charge in [-0.05, 0) is 29.7 Å². The zero-order valence-electron chi connectivity index (χ0n) is 15.6. The van der Waals surface area contributed by atoms with Crippen molar-refractivity contribution in [1.29, 1.82) is 0 Å². The van der Waals surface area contributed by atoms with E-state index in [1.54, 1.807) is 12.1 Å². The van der Waals surface area contributed by atoms with Crippen LogP contribution in [0.2, 0.25) is 0 Å². The number of anilines is 1. The molecule has 1 heterocycles. The highest BCUT2D eigenvalue weighted by Gasteiger charge is 2.16. The highest BCUT2D eigenvalue weighted by atomic mass is 32.2. The number of thiazole rings is 1. The summed E-state index contributed by atoms with van der Waals surface area (Å²) in [5, 5.41) is 4.82. The van der Waals surface area contributed by atoms with Crippen LogP contribution in [-0.2, 0) is 27.8 Å². The predicted octanol–water partition coefficient (Wildman–Crippen LogP) is 3.81. The highest BCUT2D eigenvalue weighted by molar-refractivity contribution is 7.93. The van der Waals surface area contributed by atoms with Crippen LogP contribution in [0.1, 0.15) is 25.0 Å². The Morgan fingerprint density at radius 2 is 1.68 bits per heavy atom. The van der Waals surface area contributed by atoms with Crippen LogP contribution in [0.5, 0.6) is 0 Å². The van der Waals surface area contributed by atoms with Gasteiger partial charge >= 0.3 is 0 Å². The number of nitrogens with zero attached hydrogens (tertiary/aromatic N) is 1. The number of sulfonamides is 1. The van der Waals surface area contributed by atoms with Crippen LogP contribution in [-0.4, -0.2) is 19.3 Å². The minimum absolute atomic E-state index is 0.137. The first-order valence-corrected chi connectivity index (χ1v) is 11.1. The Balaban J connectivity index is 1.72. The van der Waals surface area contributed by atoms with E-state index in [4.69, 9.17) is 0 Å². The van der Waals surface area contributed by atoms with E-state index in [9.17, 15) is 13.2 Å². The molecule has 8 heteroatoms. The van der Waals surface area contributed by atoms with E-state index in [1.807, 2.05) is 29.6 Å². The minimum Gasteiger partial charge on any atom is -0.352 e. The summed E-state index contributed by atoms with van der Waals surface area (Å²) in [6.45, 7) is 3.88. The molecule has 146 valence electrons. The third-order valence-corrected chi connectivity index (χ3v) is 6.40. The Morgan fingerprint density at radius 3 is 2.29 bits per heavy atom. The molecule has 0 saturated heterocycles. The molecule has 0 unspecified atom stereocenters. The van der Waals surface area contributed by atoms with Crippen molar-refractivity contribution in [2.45, 2.75) is 31.7 Å². The lowest BCUT2D eigenvalue weighted by Crippen LogP contribution is -2.19. The number of rotatable bonds is 7. The van der Waals surface area contributed by atoms with E-state index in [0.29, 0.717) is 11.7 Å². The molecule has 0 aliphatic heterocycles. The van der Waals surface area contributed by atoms with Crippen LogP contribution in [0.15, 0.2) is 58.8 Å². The van der Waals surface area contributed by atoms with Gasteiger partial charge in [-0.1, -0.05) is 43.3 Å². The Labute approximate surface area is 168 Å². The van der Waals surface area contributed by atoms with Crippen LogP contribution in [0.25, 0.3) is 11.3 Å². The molecule has 0 bridgehead atoms. The average Bonchev–Trinajstić information content (AvgIpc) is 3.14. The Hall–Kier alpha value is -2.71. The lowest BCUT2D eigenvalue weighted by molar-refractivity contribution is -0.119. The summed E-state index contributed by atoms with van der Waals surface area (Å²) in [6.07, 6.45) is 0.964. The molecule has 0 spiro atoms. The average molecular weight is 416 g/mol. The SMILES string of the molecule is CCc1ccc(-c2csc(NS(=O)(=O)c3ccc(CNC(C)=O)cc3)n2)cc1. The smallest absolute Gasteiger partial charge is 0.263 e. The second-order valence-electron chi connectivity index (χ2n) is 6.25. The zero-order chi connectivity index (χ0) is 20.1. The third kappa shape index (κ3) is 4.96. The quantitative estimate of drug-likeness (QED) is 0.614. The van der Waals surface area contributed by atoms with Crippen LogP contribution < -0.4 is 10.0 Å². The normalized spacial score (nSPS) is 11.2. The maximum Gasteiger partial charge on any atom is 0.263 e. The molecule has 0 saturated carbocycles. The molecule has 3 rings (SSSR count). The van der Waals surface area contributed by atoms with Crippen LogP contribution >= 0.6 is 11.3 Å². The number of aryl methyl sites for hydroxylation is 1. The third-order valence-electron chi connectivity index (χ3n) is 4.16. The van der Waals surface area contributed by atoms with Crippen molar-refractivity contribution in [1.82, 2.24) is 10.3 Å². The first kappa shape index (κ1) is 20.0. The van der Waals surface area contributed by atoms with Gasteiger partial charge in [-0.3, -0.25) is 9.52 Å². The van der Waals surface area contributed by atoms with Crippen molar-refractivity contribution in [3.05, 3.63) is 65.0 Å². The van der Waals surface area contributed by atoms with E-state index in [1.165, 1.54) is 36.0 Å². The van der Waals surface area contributed by atoms with Crippen molar-refractivity contribution < 1.29 is 13.2 Å². The monoisotopic (exact) mass is 415 g/mol. The Morgan fingerprint density at radius 1 is 1.04 bits per heavy atom. The number of carbonyl (C=O) groups is 1. The van der Waals surface area contributed by atoms with Crippen LogP contribution in [0.4, 0.5) is 5.13 Å². The number of amides is 1. The molecule has 0 aliphatic rings. The fraction of sp³-hybridized carbons (Fsp3) is 0.200. The molecule has 2 aromatic carbocycles. The number of carbonyl (C=O) groups excluding carboxylic acids is 1. The maximum absolute atomic E-state index is 12.6. The van der Waals surface area contributed by atoms with Gasteiger partial charge in [0.2, 0.25) is 5.91 Å². The summed E-state index contributed by atoms with van der Waals surface area (Å²) in [7, 11) is -3.73. The van der Waals surface area contributed by atoms with Crippen molar-refractivity contribution >= 4 is 32.4 Å². The van der Waals surface area contributed by atoms with Crippen LogP contribution in [0, 0.1) is 0 Å². The van der Waals surface area contributed by atoms with E-state index >= 15 is 0 Å². The van der Waals surface area contributed by atoms with Crippen molar-refractivity contribution in [2.75, 3.05) is 4.72 Å². The van der Waals surface area contributed by atoms with E-state index in [-0.39, 0.29) is 10.8 Å². The Kier molecular flexibility index (Phi) is 6.11. The maximum atomic E-state index is 12.6. The standard InChI is InChI=1S/C20H21N3O3S2/c1-3-15-4-8-17(9-5-15)19-13-27-20(22-19)23-28(25,26)18-10-6-16(7-11-18)12-21-14(2)24/h4-11,13H,3,12H2,1-2H3,(H,21,24)(H,22,23). The summed E-state index contributed by atoms with van der Waals surface area (Å²) in [6, 6.07) is 14.4. The molecule has 2 N–H and O–H groups in total. The van der Waals surface area contributed by atoms with E-state index < -0.39 is 10.0 Å². The van der Waals surface area contributed by atoms with Crippen molar-refractivity contribution in [3.8, 4) is 11.3 Å². The fourth-order valence-electron chi connectivity index (χ4n) is 2.55. The second kappa shape index (κ2) is 8.53. The van der Waals surface area contributed by atoms with E-state index in [2.05, 4.69) is 21.9 Å². The molecule has 0 radical (unpaired) electrons. The van der Waals surface area contributed by atoms with Gasteiger partial charge in [0, 0.05) is 24.4 Å². The summed E-state index contributed by atoms with van der Waals surface area (Å²) in [4.78, 5) is 15.5. The first-order chi connectivity index (χ1) is 13.4. The number of benzene rings is 2. The fourth-order valence-corrected chi connectivity index (χ4v) is 4.52. The largest absolute Gasteiger partial charge is 0.352 e.